The van der Waals surface area contributed by atoms with Gasteiger partial charge in [0.25, 0.3) is 0 Å². The summed E-state index contributed by atoms with van der Waals surface area (Å²) >= 11 is 0. The number of aliphatic hydroxyl groups is 1. The minimum atomic E-state index is -0.197. The molecule has 2 aliphatic rings. The van der Waals surface area contributed by atoms with Crippen molar-refractivity contribution in [2.24, 2.45) is 0 Å². The number of carbonyl (C=O) groups is 1. The summed E-state index contributed by atoms with van der Waals surface area (Å²) in [6.07, 6.45) is 2.47. The Kier molecular flexibility index (Phi) is 5.02. The maximum atomic E-state index is 11.7. The van der Waals surface area contributed by atoms with E-state index < -0.39 is 0 Å². The molecule has 1 fully saturated rings. The summed E-state index contributed by atoms with van der Waals surface area (Å²) in [4.78, 5) is 13.9. The second kappa shape index (κ2) is 6.57. The van der Waals surface area contributed by atoms with Crippen LogP contribution in [-0.4, -0.2) is 41.7 Å². The molecule has 3 rings (SSSR count). The molecular formula is C15H20ClNO3. The molecule has 1 N–H and O–H groups in total. The number of hydrogen-bond acceptors (Lipinski definition) is 4. The fraction of sp³-hybridized carbons (Fsp3) is 0.533. The van der Waals surface area contributed by atoms with E-state index in [1.807, 2.05) is 24.3 Å². The molecule has 2 aliphatic heterocycles. The Bertz CT molecular complexity index is 480. The quantitative estimate of drug-likeness (QED) is 0.865. The highest BCUT2D eigenvalue weighted by molar-refractivity contribution is 5.93. The Morgan fingerprint density at radius 2 is 2.15 bits per heavy atom. The lowest BCUT2D eigenvalue weighted by atomic mass is 10.0. The molecular weight excluding hydrogens is 278 g/mol. The van der Waals surface area contributed by atoms with Crippen molar-refractivity contribution in [1.29, 1.82) is 0 Å². The molecule has 5 heteroatoms. The molecule has 2 heterocycles. The summed E-state index contributed by atoms with van der Waals surface area (Å²) < 4.78 is 5.41. The van der Waals surface area contributed by atoms with Crippen LogP contribution >= 0.6 is 12.4 Å². The van der Waals surface area contributed by atoms with Gasteiger partial charge in [0, 0.05) is 18.7 Å². The smallest absolute Gasteiger partial charge is 0.339 e. The van der Waals surface area contributed by atoms with Gasteiger partial charge in [-0.3, -0.25) is 0 Å². The normalized spacial score (nSPS) is 25.1. The topological polar surface area (TPSA) is 49.8 Å². The van der Waals surface area contributed by atoms with Crippen LogP contribution < -0.4 is 0 Å². The second-order valence-corrected chi connectivity index (χ2v) is 5.37. The average molecular weight is 298 g/mol. The summed E-state index contributed by atoms with van der Waals surface area (Å²) in [5.41, 5.74) is 1.73. The minimum Gasteiger partial charge on any atom is -0.454 e. The van der Waals surface area contributed by atoms with Gasteiger partial charge in [-0.1, -0.05) is 18.2 Å². The number of β-amino-alcohol motifs (C(OH)–C–C–N with tert-alkyl or cyclic N) is 1. The molecule has 0 spiro atoms. The number of hydrogen-bond donors (Lipinski definition) is 1. The van der Waals surface area contributed by atoms with Gasteiger partial charge in [0.2, 0.25) is 0 Å². The van der Waals surface area contributed by atoms with Crippen LogP contribution in [0.2, 0.25) is 0 Å². The van der Waals surface area contributed by atoms with Crippen molar-refractivity contribution in [3.63, 3.8) is 0 Å². The highest BCUT2D eigenvalue weighted by Crippen LogP contribution is 2.33. The van der Waals surface area contributed by atoms with Crippen molar-refractivity contribution in [2.45, 2.75) is 31.5 Å². The Hall–Kier alpha value is -1.10. The van der Waals surface area contributed by atoms with E-state index in [4.69, 9.17) is 4.74 Å². The minimum absolute atomic E-state index is 0. The van der Waals surface area contributed by atoms with Crippen LogP contribution in [0.15, 0.2) is 24.3 Å². The van der Waals surface area contributed by atoms with Crippen LogP contribution in [0.3, 0.4) is 0 Å². The first-order valence-electron chi connectivity index (χ1n) is 6.94. The molecule has 0 amide bonds. The van der Waals surface area contributed by atoms with Gasteiger partial charge in [-0.25, -0.2) is 4.79 Å². The number of cyclic esters (lactones) is 1. The molecule has 4 nitrogen and oxygen atoms in total. The number of benzene rings is 1. The van der Waals surface area contributed by atoms with Crippen molar-refractivity contribution in [3.8, 4) is 0 Å². The molecule has 1 saturated heterocycles. The molecule has 0 radical (unpaired) electrons. The van der Waals surface area contributed by atoms with Gasteiger partial charge in [-0.15, -0.1) is 12.4 Å². The van der Waals surface area contributed by atoms with Gasteiger partial charge in [-0.2, -0.15) is 0 Å². The van der Waals surface area contributed by atoms with E-state index >= 15 is 0 Å². The number of fused-ring (bicyclic) bond motifs is 1. The van der Waals surface area contributed by atoms with Crippen molar-refractivity contribution in [2.75, 3.05) is 19.6 Å². The van der Waals surface area contributed by atoms with Crippen molar-refractivity contribution >= 4 is 18.4 Å². The molecule has 1 aromatic carbocycles. The molecule has 0 bridgehead atoms. The van der Waals surface area contributed by atoms with Crippen molar-refractivity contribution in [3.05, 3.63) is 35.4 Å². The van der Waals surface area contributed by atoms with Crippen LogP contribution in [0.5, 0.6) is 0 Å². The zero-order valence-electron chi connectivity index (χ0n) is 11.3. The van der Waals surface area contributed by atoms with Gasteiger partial charge in [0.1, 0.15) is 6.10 Å². The first-order chi connectivity index (χ1) is 9.24. The lowest BCUT2D eigenvalue weighted by Gasteiger charge is -2.16. The zero-order chi connectivity index (χ0) is 13.2. The highest BCUT2D eigenvalue weighted by atomic mass is 35.5. The summed E-state index contributed by atoms with van der Waals surface area (Å²) in [6, 6.07) is 7.62. The van der Waals surface area contributed by atoms with E-state index in [-0.39, 0.29) is 30.6 Å². The maximum Gasteiger partial charge on any atom is 0.339 e. The number of aliphatic hydroxyl groups excluding tert-OH is 1. The summed E-state index contributed by atoms with van der Waals surface area (Å²) in [7, 11) is 0. The number of halogens is 1. The van der Waals surface area contributed by atoms with E-state index in [0.717, 1.165) is 44.5 Å². The average Bonchev–Trinajstić information content (AvgIpc) is 2.96. The van der Waals surface area contributed by atoms with E-state index in [1.165, 1.54) is 0 Å². The predicted octanol–water partition coefficient (Wildman–Crippen LogP) is 2.17. The standard InChI is InChI=1S/C15H19NO3.ClH/c17-11-7-9-16(10-11)8-3-6-14-12-4-1-2-5-13(12)15(18)19-14;/h1-2,4-5,11,14,17H,3,6-10H2;1H. The van der Waals surface area contributed by atoms with E-state index in [9.17, 15) is 9.90 Å². The maximum absolute atomic E-state index is 11.7. The van der Waals surface area contributed by atoms with Crippen LogP contribution in [0.4, 0.5) is 0 Å². The third-order valence-corrected chi connectivity index (χ3v) is 3.97. The van der Waals surface area contributed by atoms with Crippen LogP contribution in [0, 0.1) is 0 Å². The number of rotatable bonds is 4. The Morgan fingerprint density at radius 1 is 1.35 bits per heavy atom. The van der Waals surface area contributed by atoms with E-state index in [2.05, 4.69) is 4.90 Å². The number of likely N-dealkylation sites (tertiary alicyclic amines) is 1. The van der Waals surface area contributed by atoms with Gasteiger partial charge in [0.05, 0.1) is 11.7 Å². The molecule has 110 valence electrons. The molecule has 0 aromatic heterocycles. The van der Waals surface area contributed by atoms with E-state index in [1.54, 1.807) is 0 Å². The molecule has 20 heavy (non-hydrogen) atoms. The summed E-state index contributed by atoms with van der Waals surface area (Å²) in [5, 5.41) is 9.46. The third-order valence-electron chi connectivity index (χ3n) is 3.97. The molecule has 0 saturated carbocycles. The van der Waals surface area contributed by atoms with Crippen LogP contribution in [0.1, 0.15) is 41.3 Å². The van der Waals surface area contributed by atoms with Crippen LogP contribution in [0.25, 0.3) is 0 Å². The first-order valence-corrected chi connectivity index (χ1v) is 6.94. The van der Waals surface area contributed by atoms with E-state index in [0.29, 0.717) is 5.56 Å². The zero-order valence-corrected chi connectivity index (χ0v) is 12.1. The molecule has 0 aliphatic carbocycles. The Balaban J connectivity index is 0.00000147. The first kappa shape index (κ1) is 15.3. The lowest BCUT2D eigenvalue weighted by Crippen LogP contribution is -2.23. The fourth-order valence-corrected chi connectivity index (χ4v) is 2.95. The summed E-state index contributed by atoms with van der Waals surface area (Å²) in [6.45, 7) is 2.72. The molecule has 2 atom stereocenters. The van der Waals surface area contributed by atoms with Gasteiger partial charge >= 0.3 is 5.97 Å². The number of carbonyl (C=O) groups excluding carboxylic acids is 1. The predicted molar refractivity (Wildman–Crippen MR) is 78.1 cm³/mol. The number of esters is 1. The van der Waals surface area contributed by atoms with Gasteiger partial charge in [0.15, 0.2) is 0 Å². The molecule has 2 unspecified atom stereocenters. The monoisotopic (exact) mass is 297 g/mol. The van der Waals surface area contributed by atoms with Crippen molar-refractivity contribution in [1.82, 2.24) is 4.90 Å². The lowest BCUT2D eigenvalue weighted by molar-refractivity contribution is 0.0359. The fourth-order valence-electron chi connectivity index (χ4n) is 2.95. The number of ether oxygens (including phenoxy) is 1. The third kappa shape index (κ3) is 3.14. The Morgan fingerprint density at radius 3 is 2.90 bits per heavy atom. The van der Waals surface area contributed by atoms with Gasteiger partial charge in [-0.05, 0) is 31.9 Å². The largest absolute Gasteiger partial charge is 0.454 e. The van der Waals surface area contributed by atoms with Crippen LogP contribution in [-0.2, 0) is 4.74 Å². The summed E-state index contributed by atoms with van der Waals surface area (Å²) in [5.74, 6) is -0.197. The Labute approximate surface area is 125 Å². The van der Waals surface area contributed by atoms with Crippen molar-refractivity contribution < 1.29 is 14.6 Å². The number of nitrogens with zero attached hydrogens (tertiary/aromatic N) is 1. The highest BCUT2D eigenvalue weighted by Gasteiger charge is 2.30. The molecule has 1 aromatic rings. The second-order valence-electron chi connectivity index (χ2n) is 5.37. The SMILES string of the molecule is Cl.O=C1OC(CCCN2CCC(O)C2)c2ccccc21. The van der Waals surface area contributed by atoms with Gasteiger partial charge < -0.3 is 14.7 Å².